The molecule has 0 bridgehead atoms. The molecule has 0 atom stereocenters. The minimum Gasteiger partial charge on any atom is -0.350 e. The summed E-state index contributed by atoms with van der Waals surface area (Å²) in [6, 6.07) is 4.19. The van der Waals surface area contributed by atoms with Gasteiger partial charge in [-0.15, -0.1) is 12.4 Å². The number of carbonyl (C=O) groups is 1. The van der Waals surface area contributed by atoms with Crippen molar-refractivity contribution >= 4 is 18.3 Å². The fourth-order valence-corrected chi connectivity index (χ4v) is 1.69. The maximum absolute atomic E-state index is 13.1. The number of amides is 1. The number of benzene rings is 1. The van der Waals surface area contributed by atoms with Crippen molar-refractivity contribution in [3.63, 3.8) is 0 Å². The minimum atomic E-state index is -0.407. The molecule has 108 valence electrons. The van der Waals surface area contributed by atoms with E-state index >= 15 is 0 Å². The van der Waals surface area contributed by atoms with Crippen LogP contribution in [0.25, 0.3) is 0 Å². The standard InChI is InChI=1S/C14H21FN2O.ClH/c1-4-14(16,5-2)9-17-13(18)12-8-11(15)7-6-10(12)3;/h6-8H,4-5,9,16H2,1-3H3,(H,17,18);1H. The van der Waals surface area contributed by atoms with Crippen LogP contribution >= 0.6 is 12.4 Å². The van der Waals surface area contributed by atoms with Crippen molar-refractivity contribution in [1.82, 2.24) is 5.32 Å². The highest BCUT2D eigenvalue weighted by Crippen LogP contribution is 2.12. The van der Waals surface area contributed by atoms with E-state index in [1.807, 2.05) is 13.8 Å². The molecule has 1 aromatic rings. The second-order valence-corrected chi connectivity index (χ2v) is 4.71. The lowest BCUT2D eigenvalue weighted by Crippen LogP contribution is -2.49. The zero-order valence-electron chi connectivity index (χ0n) is 11.6. The quantitative estimate of drug-likeness (QED) is 0.875. The van der Waals surface area contributed by atoms with Crippen LogP contribution in [0.5, 0.6) is 0 Å². The number of hydrogen-bond acceptors (Lipinski definition) is 2. The first-order valence-corrected chi connectivity index (χ1v) is 6.25. The van der Waals surface area contributed by atoms with E-state index in [2.05, 4.69) is 5.32 Å². The van der Waals surface area contributed by atoms with Crippen molar-refractivity contribution < 1.29 is 9.18 Å². The summed E-state index contributed by atoms with van der Waals surface area (Å²) in [6.45, 7) is 6.16. The third-order valence-corrected chi connectivity index (χ3v) is 3.45. The Bertz CT molecular complexity index is 433. The van der Waals surface area contributed by atoms with Gasteiger partial charge >= 0.3 is 0 Å². The first-order valence-electron chi connectivity index (χ1n) is 6.25. The van der Waals surface area contributed by atoms with Gasteiger partial charge in [-0.3, -0.25) is 4.79 Å². The van der Waals surface area contributed by atoms with Crippen LogP contribution in [0.1, 0.15) is 42.6 Å². The highest BCUT2D eigenvalue weighted by molar-refractivity contribution is 5.95. The molecule has 1 rings (SSSR count). The number of carbonyl (C=O) groups excluding carboxylic acids is 1. The van der Waals surface area contributed by atoms with Crippen LogP contribution in [0.15, 0.2) is 18.2 Å². The summed E-state index contributed by atoms with van der Waals surface area (Å²) >= 11 is 0. The average molecular weight is 289 g/mol. The van der Waals surface area contributed by atoms with Gasteiger partial charge in [0.05, 0.1) is 0 Å². The van der Waals surface area contributed by atoms with Gasteiger partial charge in [-0.05, 0) is 37.5 Å². The average Bonchev–Trinajstić information content (AvgIpc) is 2.38. The molecule has 0 fully saturated rings. The van der Waals surface area contributed by atoms with Gasteiger partial charge in [-0.25, -0.2) is 4.39 Å². The van der Waals surface area contributed by atoms with Crippen molar-refractivity contribution in [2.75, 3.05) is 6.54 Å². The summed E-state index contributed by atoms with van der Waals surface area (Å²) in [6.07, 6.45) is 1.57. The summed E-state index contributed by atoms with van der Waals surface area (Å²) in [4.78, 5) is 12.0. The molecule has 3 N–H and O–H groups in total. The maximum atomic E-state index is 13.1. The van der Waals surface area contributed by atoms with Crippen molar-refractivity contribution in [3.8, 4) is 0 Å². The van der Waals surface area contributed by atoms with Gasteiger partial charge in [-0.1, -0.05) is 19.9 Å². The van der Waals surface area contributed by atoms with Gasteiger partial charge in [0.25, 0.3) is 5.91 Å². The van der Waals surface area contributed by atoms with E-state index in [-0.39, 0.29) is 18.3 Å². The number of rotatable bonds is 5. The first-order chi connectivity index (χ1) is 8.41. The number of hydrogen-bond donors (Lipinski definition) is 2. The summed E-state index contributed by atoms with van der Waals surface area (Å²) < 4.78 is 13.1. The molecule has 0 aliphatic heterocycles. The van der Waals surface area contributed by atoms with Gasteiger partial charge in [0, 0.05) is 17.6 Å². The van der Waals surface area contributed by atoms with E-state index in [1.165, 1.54) is 12.1 Å². The summed E-state index contributed by atoms with van der Waals surface area (Å²) in [5.41, 5.74) is 6.83. The highest BCUT2D eigenvalue weighted by atomic mass is 35.5. The van der Waals surface area contributed by atoms with Crippen molar-refractivity contribution in [2.45, 2.75) is 39.2 Å². The molecule has 1 amide bonds. The fourth-order valence-electron chi connectivity index (χ4n) is 1.69. The van der Waals surface area contributed by atoms with Crippen LogP contribution in [0.4, 0.5) is 4.39 Å². The lowest BCUT2D eigenvalue weighted by atomic mass is 9.94. The van der Waals surface area contributed by atoms with Gasteiger partial charge in [0.15, 0.2) is 0 Å². The molecule has 1 aromatic carbocycles. The van der Waals surface area contributed by atoms with Crippen molar-refractivity contribution in [3.05, 3.63) is 35.1 Å². The van der Waals surface area contributed by atoms with E-state index in [1.54, 1.807) is 13.0 Å². The van der Waals surface area contributed by atoms with E-state index in [0.717, 1.165) is 18.4 Å². The van der Waals surface area contributed by atoms with E-state index in [4.69, 9.17) is 5.73 Å². The molecular formula is C14H22ClFN2O. The molecule has 5 heteroatoms. The molecule has 0 aliphatic carbocycles. The molecule has 0 heterocycles. The van der Waals surface area contributed by atoms with Crippen molar-refractivity contribution in [1.29, 1.82) is 0 Å². The largest absolute Gasteiger partial charge is 0.350 e. The van der Waals surface area contributed by atoms with Crippen LogP contribution in [-0.2, 0) is 0 Å². The van der Waals surface area contributed by atoms with Gasteiger partial charge in [-0.2, -0.15) is 0 Å². The Morgan fingerprint density at radius 3 is 2.47 bits per heavy atom. The normalized spacial score (nSPS) is 10.8. The number of nitrogens with one attached hydrogen (secondary N) is 1. The fraction of sp³-hybridized carbons (Fsp3) is 0.500. The Kier molecular flexibility index (Phi) is 7.01. The molecule has 0 aliphatic rings. The van der Waals surface area contributed by atoms with Crippen LogP contribution in [0.3, 0.4) is 0 Å². The third kappa shape index (κ3) is 4.80. The highest BCUT2D eigenvalue weighted by Gasteiger charge is 2.21. The Balaban J connectivity index is 0.00000324. The molecule has 0 unspecified atom stereocenters. The van der Waals surface area contributed by atoms with E-state index in [0.29, 0.717) is 12.1 Å². The monoisotopic (exact) mass is 288 g/mol. The van der Waals surface area contributed by atoms with Gasteiger partial charge in [0.2, 0.25) is 0 Å². The zero-order valence-corrected chi connectivity index (χ0v) is 12.4. The van der Waals surface area contributed by atoms with Crippen LogP contribution < -0.4 is 11.1 Å². The second-order valence-electron chi connectivity index (χ2n) is 4.71. The minimum absolute atomic E-state index is 0. The predicted molar refractivity (Wildman–Crippen MR) is 78.2 cm³/mol. The molecule has 0 saturated heterocycles. The smallest absolute Gasteiger partial charge is 0.251 e. The Hall–Kier alpha value is -1.13. The van der Waals surface area contributed by atoms with Crippen molar-refractivity contribution in [2.24, 2.45) is 5.73 Å². The maximum Gasteiger partial charge on any atom is 0.251 e. The lowest BCUT2D eigenvalue weighted by Gasteiger charge is -2.26. The van der Waals surface area contributed by atoms with Crippen LogP contribution in [0, 0.1) is 12.7 Å². The second kappa shape index (κ2) is 7.46. The van der Waals surface area contributed by atoms with E-state index < -0.39 is 11.4 Å². The van der Waals surface area contributed by atoms with Gasteiger partial charge in [0.1, 0.15) is 5.82 Å². The lowest BCUT2D eigenvalue weighted by molar-refractivity contribution is 0.0941. The number of aryl methyl sites for hydroxylation is 1. The van der Waals surface area contributed by atoms with Crippen LogP contribution in [-0.4, -0.2) is 18.0 Å². The molecular weight excluding hydrogens is 267 g/mol. The number of halogens is 2. The Labute approximate surface area is 120 Å². The summed E-state index contributed by atoms with van der Waals surface area (Å²) in [5, 5.41) is 2.78. The Morgan fingerprint density at radius 2 is 1.95 bits per heavy atom. The molecule has 0 spiro atoms. The zero-order chi connectivity index (χ0) is 13.8. The summed E-state index contributed by atoms with van der Waals surface area (Å²) in [5.74, 6) is -0.681. The SMILES string of the molecule is CCC(N)(CC)CNC(=O)c1cc(F)ccc1C.Cl. The molecule has 0 aromatic heterocycles. The third-order valence-electron chi connectivity index (χ3n) is 3.45. The topological polar surface area (TPSA) is 55.1 Å². The molecule has 0 radical (unpaired) electrons. The van der Waals surface area contributed by atoms with Crippen LogP contribution in [0.2, 0.25) is 0 Å². The molecule has 0 saturated carbocycles. The molecule has 19 heavy (non-hydrogen) atoms. The Morgan fingerprint density at radius 1 is 1.37 bits per heavy atom. The predicted octanol–water partition coefficient (Wildman–Crippen LogP) is 2.80. The first kappa shape index (κ1) is 17.9. The van der Waals surface area contributed by atoms with Gasteiger partial charge < -0.3 is 11.1 Å². The van der Waals surface area contributed by atoms with E-state index in [9.17, 15) is 9.18 Å². The molecule has 3 nitrogen and oxygen atoms in total. The summed E-state index contributed by atoms with van der Waals surface area (Å²) in [7, 11) is 0. The number of nitrogens with two attached hydrogens (primary N) is 1.